The van der Waals surface area contributed by atoms with Crippen molar-refractivity contribution >= 4 is 17.7 Å². The minimum atomic E-state index is -1.47. The van der Waals surface area contributed by atoms with Crippen molar-refractivity contribution in [2.75, 3.05) is 19.8 Å². The summed E-state index contributed by atoms with van der Waals surface area (Å²) in [5.41, 5.74) is -0.787. The average molecular weight is 407 g/mol. The molecule has 0 aromatic rings. The van der Waals surface area contributed by atoms with Crippen LogP contribution < -0.4 is 5.32 Å². The van der Waals surface area contributed by atoms with Gasteiger partial charge in [0.15, 0.2) is 0 Å². The van der Waals surface area contributed by atoms with Gasteiger partial charge in [-0.1, -0.05) is 13.3 Å². The fourth-order valence-corrected chi connectivity index (χ4v) is 4.84. The van der Waals surface area contributed by atoms with Gasteiger partial charge in [0.25, 0.3) is 0 Å². The summed E-state index contributed by atoms with van der Waals surface area (Å²) in [5, 5.41) is 43.7. The van der Waals surface area contributed by atoms with Crippen molar-refractivity contribution in [3.8, 4) is 0 Å². The number of rotatable bonds is 7. The molecule has 9 heteroatoms. The molecule has 2 saturated heterocycles. The number of nitrogens with zero attached hydrogens (tertiary/aromatic N) is 1. The molecule has 2 aliphatic heterocycles. The Morgan fingerprint density at radius 1 is 1.30 bits per heavy atom. The highest BCUT2D eigenvalue weighted by Crippen LogP contribution is 2.32. The highest BCUT2D eigenvalue weighted by Gasteiger charge is 2.50. The third kappa shape index (κ3) is 5.14. The molecule has 158 valence electrons. The molecule has 27 heavy (non-hydrogen) atoms. The zero-order chi connectivity index (χ0) is 20.3. The third-order valence-corrected chi connectivity index (χ3v) is 6.51. The standard InChI is InChI=1S/C18H34N2O6S/c1-5-6-10-7-11(20(3)8-10)19-17(25)12(9(2)21)16-14(23)13(22)15(24)18(26-16)27-4/h9-16,18,21-24H,5-8H2,1-4H3,(H,19,25). The summed E-state index contributed by atoms with van der Waals surface area (Å²) in [6.45, 7) is 4.50. The first kappa shape index (κ1) is 22.9. The molecule has 1 amide bonds. The zero-order valence-corrected chi connectivity index (χ0v) is 17.3. The predicted octanol–water partition coefficient (Wildman–Crippen LogP) is -0.652. The second-order valence-electron chi connectivity index (χ2n) is 7.80. The Kier molecular flexibility index (Phi) is 8.35. The van der Waals surface area contributed by atoms with Crippen LogP contribution in [0.15, 0.2) is 0 Å². The van der Waals surface area contributed by atoms with Crippen molar-refractivity contribution in [3.63, 3.8) is 0 Å². The molecular weight excluding hydrogens is 372 g/mol. The van der Waals surface area contributed by atoms with E-state index in [-0.39, 0.29) is 6.17 Å². The van der Waals surface area contributed by atoms with E-state index >= 15 is 0 Å². The lowest BCUT2D eigenvalue weighted by atomic mass is 9.86. The largest absolute Gasteiger partial charge is 0.392 e. The normalized spacial score (nSPS) is 39.9. The van der Waals surface area contributed by atoms with Crippen LogP contribution >= 0.6 is 11.8 Å². The first-order chi connectivity index (χ1) is 12.7. The van der Waals surface area contributed by atoms with Gasteiger partial charge < -0.3 is 30.5 Å². The van der Waals surface area contributed by atoms with E-state index in [2.05, 4.69) is 17.1 Å². The maximum Gasteiger partial charge on any atom is 0.229 e. The molecule has 2 heterocycles. The first-order valence-corrected chi connectivity index (χ1v) is 10.9. The lowest BCUT2D eigenvalue weighted by Crippen LogP contribution is -2.62. The van der Waals surface area contributed by atoms with Crippen molar-refractivity contribution in [1.82, 2.24) is 10.2 Å². The second kappa shape index (κ2) is 9.87. The van der Waals surface area contributed by atoms with Gasteiger partial charge in [0.1, 0.15) is 29.9 Å². The molecule has 0 spiro atoms. The molecule has 0 saturated carbocycles. The first-order valence-electron chi connectivity index (χ1n) is 9.62. The molecule has 5 N–H and O–H groups in total. The minimum Gasteiger partial charge on any atom is -0.392 e. The summed E-state index contributed by atoms with van der Waals surface area (Å²) in [5.74, 6) is -0.966. The van der Waals surface area contributed by atoms with Gasteiger partial charge >= 0.3 is 0 Å². The van der Waals surface area contributed by atoms with Crippen LogP contribution in [0.5, 0.6) is 0 Å². The van der Waals surface area contributed by atoms with E-state index < -0.39 is 47.8 Å². The predicted molar refractivity (Wildman–Crippen MR) is 103 cm³/mol. The molecule has 0 aromatic heterocycles. The lowest BCUT2D eigenvalue weighted by molar-refractivity contribution is -0.218. The summed E-state index contributed by atoms with van der Waals surface area (Å²) >= 11 is 1.18. The maximum atomic E-state index is 12.9. The van der Waals surface area contributed by atoms with Crippen LogP contribution in [0.2, 0.25) is 0 Å². The maximum absolute atomic E-state index is 12.9. The number of hydrogen-bond acceptors (Lipinski definition) is 8. The minimum absolute atomic E-state index is 0.136. The summed E-state index contributed by atoms with van der Waals surface area (Å²) in [7, 11) is 1.95. The monoisotopic (exact) mass is 406 g/mol. The highest BCUT2D eigenvalue weighted by molar-refractivity contribution is 7.99. The van der Waals surface area contributed by atoms with Crippen molar-refractivity contribution in [2.45, 2.75) is 75.2 Å². The summed E-state index contributed by atoms with van der Waals surface area (Å²) in [6, 6.07) is 0. The van der Waals surface area contributed by atoms with E-state index in [0.29, 0.717) is 5.92 Å². The Balaban J connectivity index is 2.10. The number of amides is 1. The van der Waals surface area contributed by atoms with Gasteiger partial charge in [0.05, 0.1) is 18.2 Å². The van der Waals surface area contributed by atoms with Gasteiger partial charge in [-0.25, -0.2) is 0 Å². The number of aliphatic hydroxyl groups excluding tert-OH is 4. The Labute approximate surface area is 165 Å². The lowest BCUT2D eigenvalue weighted by Gasteiger charge is -2.43. The molecule has 0 radical (unpaired) electrons. The van der Waals surface area contributed by atoms with Crippen molar-refractivity contribution in [3.05, 3.63) is 0 Å². The zero-order valence-electron chi connectivity index (χ0n) is 16.5. The molecule has 9 unspecified atom stereocenters. The van der Waals surface area contributed by atoms with E-state index in [9.17, 15) is 25.2 Å². The molecule has 2 fully saturated rings. The number of nitrogens with one attached hydrogen (secondary N) is 1. The van der Waals surface area contributed by atoms with E-state index in [4.69, 9.17) is 4.74 Å². The molecule has 8 nitrogen and oxygen atoms in total. The fourth-order valence-electron chi connectivity index (χ4n) is 4.16. The Morgan fingerprint density at radius 3 is 2.52 bits per heavy atom. The molecule has 0 aromatic carbocycles. The molecule has 9 atom stereocenters. The number of carbonyl (C=O) groups excluding carboxylic acids is 1. The SMILES string of the molecule is CCCC1CC(NC(=O)C(C(C)O)C2OC(SC)C(O)C(O)C2O)N(C)C1. The summed E-state index contributed by atoms with van der Waals surface area (Å²) in [6.07, 6.45) is -1.79. The van der Waals surface area contributed by atoms with Gasteiger partial charge in [0, 0.05) is 6.54 Å². The van der Waals surface area contributed by atoms with E-state index in [1.807, 2.05) is 7.05 Å². The van der Waals surface area contributed by atoms with Crippen LogP contribution in [0.25, 0.3) is 0 Å². The number of aliphatic hydroxyl groups is 4. The summed E-state index contributed by atoms with van der Waals surface area (Å²) < 4.78 is 5.69. The summed E-state index contributed by atoms with van der Waals surface area (Å²) in [4.78, 5) is 15.0. The van der Waals surface area contributed by atoms with Crippen LogP contribution in [0.4, 0.5) is 0 Å². The molecular formula is C18H34N2O6S. The van der Waals surface area contributed by atoms with Crippen molar-refractivity contribution in [1.29, 1.82) is 0 Å². The van der Waals surface area contributed by atoms with Crippen LogP contribution in [0, 0.1) is 11.8 Å². The van der Waals surface area contributed by atoms with Gasteiger partial charge in [-0.05, 0) is 39.0 Å². The molecule has 0 bridgehead atoms. The Hall–Kier alpha value is -0.420. The van der Waals surface area contributed by atoms with E-state index in [1.165, 1.54) is 18.7 Å². The third-order valence-electron chi connectivity index (χ3n) is 5.66. The molecule has 0 aliphatic carbocycles. The number of thioether (sulfide) groups is 1. The Morgan fingerprint density at radius 2 is 1.96 bits per heavy atom. The van der Waals surface area contributed by atoms with Crippen molar-refractivity contribution < 1.29 is 30.0 Å². The number of likely N-dealkylation sites (tertiary alicyclic amines) is 1. The number of ether oxygens (including phenoxy) is 1. The Bertz CT molecular complexity index is 494. The van der Waals surface area contributed by atoms with Gasteiger partial charge in [-0.3, -0.25) is 9.69 Å². The smallest absolute Gasteiger partial charge is 0.229 e. The number of carbonyl (C=O) groups is 1. The van der Waals surface area contributed by atoms with E-state index in [1.54, 1.807) is 6.26 Å². The van der Waals surface area contributed by atoms with Gasteiger partial charge in [0.2, 0.25) is 5.91 Å². The number of hydrogen-bond donors (Lipinski definition) is 5. The van der Waals surface area contributed by atoms with Gasteiger partial charge in [-0.2, -0.15) is 0 Å². The quantitative estimate of drug-likeness (QED) is 0.378. The van der Waals surface area contributed by atoms with Crippen LogP contribution in [0.1, 0.15) is 33.1 Å². The van der Waals surface area contributed by atoms with Crippen LogP contribution in [-0.4, -0.2) is 93.2 Å². The van der Waals surface area contributed by atoms with Gasteiger partial charge in [-0.15, -0.1) is 11.8 Å². The average Bonchev–Trinajstić information content (AvgIpc) is 2.94. The topological polar surface area (TPSA) is 122 Å². The van der Waals surface area contributed by atoms with Crippen molar-refractivity contribution in [2.24, 2.45) is 11.8 Å². The molecule has 2 rings (SSSR count). The van der Waals surface area contributed by atoms with Crippen LogP contribution in [-0.2, 0) is 9.53 Å². The fraction of sp³-hybridized carbons (Fsp3) is 0.944. The highest BCUT2D eigenvalue weighted by atomic mass is 32.2. The molecule has 2 aliphatic rings. The second-order valence-corrected chi connectivity index (χ2v) is 8.73. The van der Waals surface area contributed by atoms with E-state index in [0.717, 1.165) is 25.8 Å². The van der Waals surface area contributed by atoms with Crippen LogP contribution in [0.3, 0.4) is 0 Å².